The Bertz CT molecular complexity index is 837. The van der Waals surface area contributed by atoms with Crippen LogP contribution in [0.25, 0.3) is 11.4 Å². The Kier molecular flexibility index (Phi) is 6.17. The Balaban J connectivity index is 1.85. The summed E-state index contributed by atoms with van der Waals surface area (Å²) in [5.41, 5.74) is 2.81. The summed E-state index contributed by atoms with van der Waals surface area (Å²) >= 11 is 3.46. The first-order valence-corrected chi connectivity index (χ1v) is 9.48. The highest BCUT2D eigenvalue weighted by Crippen LogP contribution is 2.21. The molecule has 0 saturated carbocycles. The van der Waals surface area contributed by atoms with E-state index < -0.39 is 0 Å². The first kappa shape index (κ1) is 18.3. The quantitative estimate of drug-likeness (QED) is 0.564. The second kappa shape index (κ2) is 8.76. The number of aromatic nitrogens is 3. The smallest absolute Gasteiger partial charge is 0.225 e. The maximum atomic E-state index is 4.63. The number of halogens is 1. The van der Waals surface area contributed by atoms with Crippen molar-refractivity contribution in [1.29, 1.82) is 0 Å². The molecule has 0 aliphatic rings. The number of benzene rings is 1. The van der Waals surface area contributed by atoms with E-state index in [4.69, 9.17) is 0 Å². The van der Waals surface area contributed by atoms with Crippen LogP contribution in [0.1, 0.15) is 25.8 Å². The monoisotopic (exact) mass is 411 g/mol. The van der Waals surface area contributed by atoms with Crippen LogP contribution < -0.4 is 10.6 Å². The van der Waals surface area contributed by atoms with Crippen LogP contribution in [-0.2, 0) is 6.54 Å². The third-order valence-electron chi connectivity index (χ3n) is 4.03. The maximum Gasteiger partial charge on any atom is 0.225 e. The maximum absolute atomic E-state index is 4.63. The molecular weight excluding hydrogens is 390 g/mol. The van der Waals surface area contributed by atoms with E-state index in [9.17, 15) is 0 Å². The molecule has 0 amide bonds. The molecule has 3 rings (SSSR count). The number of hydrogen-bond acceptors (Lipinski definition) is 5. The average molecular weight is 412 g/mol. The SMILES string of the molecule is CC[C@H](C)Nc1nc(NCc2ccc(Br)cc2)cc(-c2ccccn2)n1. The molecule has 2 aromatic heterocycles. The van der Waals surface area contributed by atoms with E-state index in [-0.39, 0.29) is 0 Å². The van der Waals surface area contributed by atoms with Gasteiger partial charge in [0, 0.05) is 29.3 Å². The van der Waals surface area contributed by atoms with Crippen molar-refractivity contribution in [2.24, 2.45) is 0 Å². The molecule has 5 nitrogen and oxygen atoms in total. The number of nitrogens with one attached hydrogen (secondary N) is 2. The lowest BCUT2D eigenvalue weighted by Crippen LogP contribution is -2.16. The summed E-state index contributed by atoms with van der Waals surface area (Å²) in [6, 6.07) is 16.3. The van der Waals surface area contributed by atoms with E-state index in [1.807, 2.05) is 36.4 Å². The molecule has 1 atom stereocenters. The lowest BCUT2D eigenvalue weighted by atomic mass is 10.2. The van der Waals surface area contributed by atoms with Crippen molar-refractivity contribution < 1.29 is 0 Å². The van der Waals surface area contributed by atoms with Crippen LogP contribution in [0.5, 0.6) is 0 Å². The van der Waals surface area contributed by atoms with Crippen molar-refractivity contribution in [2.45, 2.75) is 32.9 Å². The fraction of sp³-hybridized carbons (Fsp3) is 0.250. The first-order valence-electron chi connectivity index (χ1n) is 8.69. The van der Waals surface area contributed by atoms with Gasteiger partial charge in [-0.1, -0.05) is 41.1 Å². The molecule has 3 aromatic rings. The summed E-state index contributed by atoms with van der Waals surface area (Å²) < 4.78 is 1.07. The van der Waals surface area contributed by atoms with Gasteiger partial charge in [0.05, 0.1) is 11.4 Å². The van der Waals surface area contributed by atoms with Crippen LogP contribution in [0.15, 0.2) is 59.2 Å². The molecule has 0 bridgehead atoms. The number of pyridine rings is 1. The summed E-state index contributed by atoms with van der Waals surface area (Å²) in [4.78, 5) is 13.6. The molecular formula is C20H22BrN5. The van der Waals surface area contributed by atoms with Crippen LogP contribution in [0.3, 0.4) is 0 Å². The van der Waals surface area contributed by atoms with Crippen LogP contribution in [0.2, 0.25) is 0 Å². The molecule has 0 unspecified atom stereocenters. The third kappa shape index (κ3) is 5.02. The second-order valence-electron chi connectivity index (χ2n) is 6.11. The van der Waals surface area contributed by atoms with Crippen molar-refractivity contribution in [3.63, 3.8) is 0 Å². The van der Waals surface area contributed by atoms with Gasteiger partial charge in [-0.3, -0.25) is 4.98 Å². The highest BCUT2D eigenvalue weighted by Gasteiger charge is 2.09. The third-order valence-corrected chi connectivity index (χ3v) is 4.56. The topological polar surface area (TPSA) is 62.7 Å². The van der Waals surface area contributed by atoms with Crippen molar-refractivity contribution in [2.75, 3.05) is 10.6 Å². The van der Waals surface area contributed by atoms with E-state index >= 15 is 0 Å². The van der Waals surface area contributed by atoms with Crippen molar-refractivity contribution in [1.82, 2.24) is 15.0 Å². The van der Waals surface area contributed by atoms with E-state index in [1.54, 1.807) is 6.20 Å². The summed E-state index contributed by atoms with van der Waals surface area (Å²) in [6.45, 7) is 4.94. The van der Waals surface area contributed by atoms with Gasteiger partial charge in [0.2, 0.25) is 5.95 Å². The van der Waals surface area contributed by atoms with Gasteiger partial charge >= 0.3 is 0 Å². The minimum atomic E-state index is 0.299. The molecule has 134 valence electrons. The lowest BCUT2D eigenvalue weighted by Gasteiger charge is -2.14. The number of anilines is 2. The Hall–Kier alpha value is -2.47. The molecule has 0 radical (unpaired) electrons. The molecule has 0 fully saturated rings. The standard InChI is InChI=1S/C20H22BrN5/c1-3-14(2)24-20-25-18(17-6-4-5-11-22-17)12-19(26-20)23-13-15-7-9-16(21)10-8-15/h4-12,14H,3,13H2,1-2H3,(H2,23,24,25,26)/t14-/m0/s1. The van der Waals surface area contributed by atoms with E-state index in [2.05, 4.69) is 67.5 Å². The van der Waals surface area contributed by atoms with Crippen molar-refractivity contribution >= 4 is 27.7 Å². The number of nitrogens with zero attached hydrogens (tertiary/aromatic N) is 3. The molecule has 0 aliphatic heterocycles. The normalized spacial score (nSPS) is 11.8. The first-order chi connectivity index (χ1) is 12.6. The highest BCUT2D eigenvalue weighted by molar-refractivity contribution is 9.10. The summed E-state index contributed by atoms with van der Waals surface area (Å²) in [5.74, 6) is 1.38. The van der Waals surface area contributed by atoms with Crippen LogP contribution in [0, 0.1) is 0 Å². The zero-order valence-corrected chi connectivity index (χ0v) is 16.5. The van der Waals surface area contributed by atoms with Gasteiger partial charge in [0.1, 0.15) is 5.82 Å². The minimum Gasteiger partial charge on any atom is -0.366 e. The van der Waals surface area contributed by atoms with Gasteiger partial charge in [0.15, 0.2) is 0 Å². The van der Waals surface area contributed by atoms with Gasteiger partial charge in [-0.25, -0.2) is 4.98 Å². The van der Waals surface area contributed by atoms with E-state index in [1.165, 1.54) is 5.56 Å². The summed E-state index contributed by atoms with van der Waals surface area (Å²) in [5, 5.41) is 6.74. The van der Waals surface area contributed by atoms with Crippen LogP contribution >= 0.6 is 15.9 Å². The Morgan fingerprint density at radius 3 is 2.54 bits per heavy atom. The van der Waals surface area contributed by atoms with Crippen molar-refractivity contribution in [3.05, 3.63) is 64.8 Å². The fourth-order valence-electron chi connectivity index (χ4n) is 2.37. The van der Waals surface area contributed by atoms with Gasteiger partial charge < -0.3 is 10.6 Å². The Morgan fingerprint density at radius 2 is 1.85 bits per heavy atom. The number of rotatable bonds is 7. The molecule has 0 aliphatic carbocycles. The largest absolute Gasteiger partial charge is 0.366 e. The Labute approximate surface area is 162 Å². The van der Waals surface area contributed by atoms with Gasteiger partial charge in [-0.15, -0.1) is 0 Å². The molecule has 2 heterocycles. The lowest BCUT2D eigenvalue weighted by molar-refractivity contribution is 0.753. The summed E-state index contributed by atoms with van der Waals surface area (Å²) in [7, 11) is 0. The molecule has 26 heavy (non-hydrogen) atoms. The number of hydrogen-bond donors (Lipinski definition) is 2. The fourth-order valence-corrected chi connectivity index (χ4v) is 2.63. The van der Waals surface area contributed by atoms with Gasteiger partial charge in [-0.2, -0.15) is 4.98 Å². The van der Waals surface area contributed by atoms with E-state index in [0.29, 0.717) is 18.5 Å². The molecule has 2 N–H and O–H groups in total. The van der Waals surface area contributed by atoms with Crippen molar-refractivity contribution in [3.8, 4) is 11.4 Å². The zero-order valence-electron chi connectivity index (χ0n) is 14.9. The highest BCUT2D eigenvalue weighted by atomic mass is 79.9. The second-order valence-corrected chi connectivity index (χ2v) is 7.03. The van der Waals surface area contributed by atoms with Gasteiger partial charge in [0.25, 0.3) is 0 Å². The van der Waals surface area contributed by atoms with Gasteiger partial charge in [-0.05, 0) is 43.2 Å². The molecule has 1 aromatic carbocycles. The molecule has 6 heteroatoms. The predicted octanol–water partition coefficient (Wildman–Crippen LogP) is 5.12. The van der Waals surface area contributed by atoms with Crippen LogP contribution in [0.4, 0.5) is 11.8 Å². The van der Waals surface area contributed by atoms with Crippen LogP contribution in [-0.4, -0.2) is 21.0 Å². The zero-order chi connectivity index (χ0) is 18.4. The average Bonchev–Trinajstić information content (AvgIpc) is 2.68. The predicted molar refractivity (Wildman–Crippen MR) is 110 cm³/mol. The molecule has 0 saturated heterocycles. The molecule has 0 spiro atoms. The minimum absolute atomic E-state index is 0.299. The van der Waals surface area contributed by atoms with E-state index in [0.717, 1.165) is 28.1 Å². The summed E-state index contributed by atoms with van der Waals surface area (Å²) in [6.07, 6.45) is 2.77. The Morgan fingerprint density at radius 1 is 1.04 bits per heavy atom.